The third kappa shape index (κ3) is 3.94. The number of ether oxygens (including phenoxy) is 1. The van der Waals surface area contributed by atoms with Crippen molar-refractivity contribution in [3.8, 4) is 5.75 Å². The Bertz CT molecular complexity index is 708. The molecule has 1 heterocycles. The molecule has 1 saturated carbocycles. The Morgan fingerprint density at radius 3 is 2.56 bits per heavy atom. The lowest BCUT2D eigenvalue weighted by atomic mass is 9.95. The summed E-state index contributed by atoms with van der Waals surface area (Å²) in [6.45, 7) is 0. The maximum atomic E-state index is 12.4. The van der Waals surface area contributed by atoms with E-state index in [1.54, 1.807) is 31.6 Å². The fourth-order valence-corrected chi connectivity index (χ4v) is 3.22. The summed E-state index contributed by atoms with van der Waals surface area (Å²) in [6, 6.07) is 6.65. The molecule has 132 valence electrons. The molecule has 1 aromatic carbocycles. The van der Waals surface area contributed by atoms with Crippen molar-refractivity contribution in [2.24, 2.45) is 0 Å². The van der Waals surface area contributed by atoms with E-state index in [0.717, 1.165) is 16.9 Å². The Hall–Kier alpha value is -2.51. The van der Waals surface area contributed by atoms with Gasteiger partial charge < -0.3 is 20.3 Å². The third-order valence-electron chi connectivity index (χ3n) is 4.55. The van der Waals surface area contributed by atoms with Gasteiger partial charge in [0, 0.05) is 18.3 Å². The number of aliphatic hydroxyl groups excluding tert-OH is 2. The zero-order chi connectivity index (χ0) is 17.8. The molecule has 3 rings (SSSR count). The summed E-state index contributed by atoms with van der Waals surface area (Å²) in [6.07, 6.45) is 3.32. The highest BCUT2D eigenvalue weighted by Crippen LogP contribution is 2.34. The van der Waals surface area contributed by atoms with Crippen molar-refractivity contribution < 1.29 is 19.7 Å². The van der Waals surface area contributed by atoms with Gasteiger partial charge in [0.05, 0.1) is 25.7 Å². The second-order valence-corrected chi connectivity index (χ2v) is 6.19. The van der Waals surface area contributed by atoms with Crippen LogP contribution < -0.4 is 10.1 Å². The molecule has 0 bridgehead atoms. The van der Waals surface area contributed by atoms with Crippen LogP contribution in [0.5, 0.6) is 5.75 Å². The Morgan fingerprint density at radius 1 is 1.24 bits per heavy atom. The fourth-order valence-electron chi connectivity index (χ4n) is 3.22. The van der Waals surface area contributed by atoms with Gasteiger partial charge in [-0.2, -0.15) is 0 Å². The monoisotopic (exact) mass is 343 g/mol. The molecule has 1 aliphatic carbocycles. The highest BCUT2D eigenvalue weighted by Gasteiger charge is 2.43. The van der Waals surface area contributed by atoms with Crippen LogP contribution in [0.1, 0.15) is 23.5 Å². The second kappa shape index (κ2) is 7.58. The number of nitrogens with zero attached hydrogens (tertiary/aromatic N) is 2. The summed E-state index contributed by atoms with van der Waals surface area (Å²) in [5, 5.41) is 23.1. The minimum atomic E-state index is -1.02. The van der Waals surface area contributed by atoms with Crippen molar-refractivity contribution in [1.82, 2.24) is 15.3 Å². The molecule has 1 amide bonds. The first kappa shape index (κ1) is 17.3. The lowest BCUT2D eigenvalue weighted by molar-refractivity contribution is -0.122. The van der Waals surface area contributed by atoms with Crippen molar-refractivity contribution in [3.05, 3.63) is 54.1 Å². The predicted molar refractivity (Wildman–Crippen MR) is 90.0 cm³/mol. The minimum Gasteiger partial charge on any atom is -0.497 e. The smallest absolute Gasteiger partial charge is 0.224 e. The lowest BCUT2D eigenvalue weighted by Gasteiger charge is -2.23. The van der Waals surface area contributed by atoms with Crippen LogP contribution in [0, 0.1) is 0 Å². The molecule has 2 aromatic rings. The molecule has 1 aliphatic rings. The van der Waals surface area contributed by atoms with Crippen LogP contribution in [0.4, 0.5) is 0 Å². The Morgan fingerprint density at radius 2 is 1.92 bits per heavy atom. The molecule has 3 N–H and O–H groups in total. The predicted octanol–water partition coefficient (Wildman–Crippen LogP) is 0.422. The highest BCUT2D eigenvalue weighted by atomic mass is 16.5. The number of carbonyl (C=O) groups is 1. The Labute approximate surface area is 145 Å². The van der Waals surface area contributed by atoms with E-state index in [1.165, 1.54) is 6.33 Å². The quantitative estimate of drug-likeness (QED) is 0.727. The number of hydrogen-bond donors (Lipinski definition) is 3. The van der Waals surface area contributed by atoms with Crippen molar-refractivity contribution in [2.75, 3.05) is 7.11 Å². The number of methoxy groups -OCH3 is 1. The zero-order valence-corrected chi connectivity index (χ0v) is 13.9. The number of carbonyl (C=O) groups excluding carboxylic acids is 1. The number of nitrogens with one attached hydrogen (secondary N) is 1. The van der Waals surface area contributed by atoms with Gasteiger partial charge in [-0.15, -0.1) is 0 Å². The first-order chi connectivity index (χ1) is 12.1. The maximum absolute atomic E-state index is 12.4. The summed E-state index contributed by atoms with van der Waals surface area (Å²) in [5.74, 6) is 0.277. The van der Waals surface area contributed by atoms with E-state index in [9.17, 15) is 15.0 Å². The van der Waals surface area contributed by atoms with E-state index in [0.29, 0.717) is 6.42 Å². The molecular weight excluding hydrogens is 322 g/mol. The van der Waals surface area contributed by atoms with Gasteiger partial charge in [-0.3, -0.25) is 4.79 Å². The Balaban J connectivity index is 1.69. The first-order valence-corrected chi connectivity index (χ1v) is 8.12. The number of benzene rings is 1. The summed E-state index contributed by atoms with van der Waals surface area (Å²) >= 11 is 0. The first-order valence-electron chi connectivity index (χ1n) is 8.12. The number of rotatable bonds is 5. The van der Waals surface area contributed by atoms with Crippen LogP contribution >= 0.6 is 0 Å². The Kier molecular flexibility index (Phi) is 5.25. The lowest BCUT2D eigenvalue weighted by Crippen LogP contribution is -2.45. The van der Waals surface area contributed by atoms with Crippen LogP contribution in [-0.2, 0) is 11.2 Å². The molecule has 7 nitrogen and oxygen atoms in total. The van der Waals surface area contributed by atoms with Crippen LogP contribution in [-0.4, -0.2) is 51.4 Å². The van der Waals surface area contributed by atoms with Crippen molar-refractivity contribution in [3.63, 3.8) is 0 Å². The van der Waals surface area contributed by atoms with Crippen LogP contribution in [0.3, 0.4) is 0 Å². The topological polar surface area (TPSA) is 105 Å². The van der Waals surface area contributed by atoms with Crippen molar-refractivity contribution in [1.29, 1.82) is 0 Å². The van der Waals surface area contributed by atoms with Gasteiger partial charge >= 0.3 is 0 Å². The van der Waals surface area contributed by atoms with E-state index in [4.69, 9.17) is 4.74 Å². The molecule has 0 spiro atoms. The molecule has 25 heavy (non-hydrogen) atoms. The maximum Gasteiger partial charge on any atom is 0.224 e. The average Bonchev–Trinajstić information content (AvgIpc) is 2.91. The third-order valence-corrected chi connectivity index (χ3v) is 4.55. The van der Waals surface area contributed by atoms with Gasteiger partial charge in [-0.1, -0.05) is 12.1 Å². The van der Waals surface area contributed by atoms with Crippen LogP contribution in [0.25, 0.3) is 0 Å². The molecule has 7 heteroatoms. The van der Waals surface area contributed by atoms with E-state index in [-0.39, 0.29) is 18.2 Å². The standard InChI is InChI=1S/C18H21N3O4/c1-25-13-4-2-11(3-5-13)6-16(23)21-17-14(7-15(22)18(17)24)12-8-19-10-20-9-12/h2-5,8-10,14-15,17-18,22,24H,6-7H2,1H3,(H,21,23). The minimum absolute atomic E-state index is 0.182. The molecular formula is C18H21N3O4. The van der Waals surface area contributed by atoms with E-state index >= 15 is 0 Å². The molecule has 1 aromatic heterocycles. The number of aromatic nitrogens is 2. The molecule has 4 atom stereocenters. The summed E-state index contributed by atoms with van der Waals surface area (Å²) in [4.78, 5) is 20.3. The highest BCUT2D eigenvalue weighted by molar-refractivity contribution is 5.79. The number of hydrogen-bond acceptors (Lipinski definition) is 6. The normalized spacial score (nSPS) is 25.6. The average molecular weight is 343 g/mol. The van der Waals surface area contributed by atoms with Crippen LogP contribution in [0.2, 0.25) is 0 Å². The van der Waals surface area contributed by atoms with E-state index in [1.807, 2.05) is 12.1 Å². The molecule has 1 fully saturated rings. The van der Waals surface area contributed by atoms with Gasteiger partial charge in [-0.25, -0.2) is 9.97 Å². The second-order valence-electron chi connectivity index (χ2n) is 6.19. The van der Waals surface area contributed by atoms with Gasteiger partial charge in [0.25, 0.3) is 0 Å². The molecule has 0 radical (unpaired) electrons. The van der Waals surface area contributed by atoms with Crippen molar-refractivity contribution in [2.45, 2.75) is 37.0 Å². The van der Waals surface area contributed by atoms with Crippen molar-refractivity contribution >= 4 is 5.91 Å². The zero-order valence-electron chi connectivity index (χ0n) is 13.9. The largest absolute Gasteiger partial charge is 0.497 e. The van der Waals surface area contributed by atoms with Gasteiger partial charge in [-0.05, 0) is 29.7 Å². The van der Waals surface area contributed by atoms with Gasteiger partial charge in [0.15, 0.2) is 0 Å². The molecule has 0 saturated heterocycles. The molecule has 4 unspecified atom stereocenters. The number of amides is 1. The van der Waals surface area contributed by atoms with Gasteiger partial charge in [0.1, 0.15) is 18.2 Å². The number of aliphatic hydroxyl groups is 2. The summed E-state index contributed by atoms with van der Waals surface area (Å²) < 4.78 is 5.10. The SMILES string of the molecule is COc1ccc(CC(=O)NC2C(c3cncnc3)CC(O)C2O)cc1. The van der Waals surface area contributed by atoms with E-state index in [2.05, 4.69) is 15.3 Å². The van der Waals surface area contributed by atoms with Crippen LogP contribution in [0.15, 0.2) is 43.0 Å². The fraction of sp³-hybridized carbons (Fsp3) is 0.389. The van der Waals surface area contributed by atoms with Gasteiger partial charge in [0.2, 0.25) is 5.91 Å². The summed E-state index contributed by atoms with van der Waals surface area (Å²) in [7, 11) is 1.59. The molecule has 0 aliphatic heterocycles. The summed E-state index contributed by atoms with van der Waals surface area (Å²) in [5.41, 5.74) is 1.62. The van der Waals surface area contributed by atoms with E-state index < -0.39 is 18.2 Å².